The molecule has 3 heterocycles. The van der Waals surface area contributed by atoms with Crippen LogP contribution < -0.4 is 5.32 Å². The van der Waals surface area contributed by atoms with Crippen molar-refractivity contribution in [3.8, 4) is 0 Å². The Morgan fingerprint density at radius 1 is 1.52 bits per heavy atom. The van der Waals surface area contributed by atoms with Gasteiger partial charge >= 0.3 is 0 Å². The van der Waals surface area contributed by atoms with Gasteiger partial charge in [0.2, 0.25) is 5.91 Å². The van der Waals surface area contributed by atoms with Crippen molar-refractivity contribution in [3.63, 3.8) is 0 Å². The van der Waals surface area contributed by atoms with Crippen LogP contribution in [0.3, 0.4) is 0 Å². The van der Waals surface area contributed by atoms with E-state index in [2.05, 4.69) is 20.3 Å². The molecule has 1 fully saturated rings. The lowest BCUT2D eigenvalue weighted by atomic mass is 9.80. The van der Waals surface area contributed by atoms with Gasteiger partial charge in [0.1, 0.15) is 17.0 Å². The van der Waals surface area contributed by atoms with Gasteiger partial charge in [-0.25, -0.2) is 9.97 Å². The molecule has 0 bridgehead atoms. The highest BCUT2D eigenvalue weighted by molar-refractivity contribution is 6.01. The quantitative estimate of drug-likeness (QED) is 0.670. The van der Waals surface area contributed by atoms with Gasteiger partial charge in [-0.3, -0.25) is 4.79 Å². The van der Waals surface area contributed by atoms with Crippen LogP contribution in [-0.2, 0) is 18.3 Å². The molecule has 0 saturated heterocycles. The van der Waals surface area contributed by atoms with Crippen molar-refractivity contribution in [1.29, 1.82) is 0 Å². The number of aliphatic hydroxyl groups is 1. The maximum Gasteiger partial charge on any atom is 0.227 e. The maximum absolute atomic E-state index is 12.1. The minimum Gasteiger partial charge on any atom is -0.388 e. The normalized spacial score (nSPS) is 16.6. The molecule has 1 amide bonds. The van der Waals surface area contributed by atoms with E-state index in [9.17, 15) is 9.90 Å². The van der Waals surface area contributed by atoms with E-state index in [0.717, 1.165) is 41.3 Å². The van der Waals surface area contributed by atoms with Crippen molar-refractivity contribution >= 4 is 28.0 Å². The van der Waals surface area contributed by atoms with Crippen molar-refractivity contribution in [2.45, 2.75) is 31.3 Å². The highest BCUT2D eigenvalue weighted by atomic mass is 16.3. The largest absolute Gasteiger partial charge is 0.388 e. The number of pyridine rings is 1. The zero-order valence-electron chi connectivity index (χ0n) is 13.0. The molecular formula is C16H19N5O2. The van der Waals surface area contributed by atoms with Gasteiger partial charge in [-0.15, -0.1) is 0 Å². The molecule has 3 N–H and O–H groups in total. The first kappa shape index (κ1) is 14.2. The molecule has 1 aliphatic rings. The summed E-state index contributed by atoms with van der Waals surface area (Å²) < 4.78 is 1.94. The average molecular weight is 313 g/mol. The number of carbonyl (C=O) groups excluding carboxylic acids is 1. The van der Waals surface area contributed by atoms with E-state index in [1.54, 1.807) is 6.20 Å². The number of nitrogens with one attached hydrogen (secondary N) is 2. The summed E-state index contributed by atoms with van der Waals surface area (Å²) in [5.74, 6) is 0.565. The van der Waals surface area contributed by atoms with Gasteiger partial charge < -0.3 is 20.0 Å². The van der Waals surface area contributed by atoms with Crippen molar-refractivity contribution in [3.05, 3.63) is 24.3 Å². The third-order valence-corrected chi connectivity index (χ3v) is 4.73. The second kappa shape index (κ2) is 5.06. The SMILES string of the molecule is Cn1c(CC(=O)NCC2(O)CCC2)nc2cnc3[nH]ccc3c21. The number of aromatic amines is 1. The number of amides is 1. The van der Waals surface area contributed by atoms with Crippen LogP contribution in [0.2, 0.25) is 0 Å². The van der Waals surface area contributed by atoms with Crippen LogP contribution in [0, 0.1) is 0 Å². The summed E-state index contributed by atoms with van der Waals surface area (Å²) in [6, 6.07) is 1.96. The monoisotopic (exact) mass is 313 g/mol. The van der Waals surface area contributed by atoms with Gasteiger partial charge in [0.25, 0.3) is 0 Å². The van der Waals surface area contributed by atoms with Crippen LogP contribution >= 0.6 is 0 Å². The molecule has 0 aromatic carbocycles. The lowest BCUT2D eigenvalue weighted by Gasteiger charge is -2.36. The molecule has 0 atom stereocenters. The van der Waals surface area contributed by atoms with E-state index in [-0.39, 0.29) is 12.3 Å². The smallest absolute Gasteiger partial charge is 0.227 e. The Bertz CT molecular complexity index is 891. The fourth-order valence-corrected chi connectivity index (χ4v) is 3.15. The number of hydrogen-bond donors (Lipinski definition) is 3. The van der Waals surface area contributed by atoms with Crippen LogP contribution in [0.5, 0.6) is 0 Å². The summed E-state index contributed by atoms with van der Waals surface area (Å²) in [7, 11) is 1.91. The first-order valence-corrected chi connectivity index (χ1v) is 7.82. The number of aromatic nitrogens is 4. The van der Waals surface area contributed by atoms with Crippen LogP contribution in [-0.4, -0.2) is 42.7 Å². The van der Waals surface area contributed by atoms with Crippen LogP contribution in [0.25, 0.3) is 22.1 Å². The van der Waals surface area contributed by atoms with E-state index in [1.165, 1.54) is 0 Å². The van der Waals surface area contributed by atoms with Crippen molar-refractivity contribution < 1.29 is 9.90 Å². The molecule has 1 saturated carbocycles. The Kier molecular flexibility index (Phi) is 3.12. The third-order valence-electron chi connectivity index (χ3n) is 4.73. The van der Waals surface area contributed by atoms with Crippen LogP contribution in [0.15, 0.2) is 18.5 Å². The molecule has 0 spiro atoms. The molecular weight excluding hydrogens is 294 g/mol. The molecule has 1 aliphatic carbocycles. The Labute approximate surface area is 132 Å². The number of rotatable bonds is 4. The van der Waals surface area contributed by atoms with Gasteiger partial charge in [-0.1, -0.05) is 0 Å². The number of hydrogen-bond acceptors (Lipinski definition) is 4. The Hall–Kier alpha value is -2.41. The number of nitrogens with zero attached hydrogens (tertiary/aromatic N) is 3. The van der Waals surface area contributed by atoms with Gasteiger partial charge in [0.05, 0.1) is 23.7 Å². The first-order chi connectivity index (χ1) is 11.1. The average Bonchev–Trinajstić information content (AvgIpc) is 3.08. The summed E-state index contributed by atoms with van der Waals surface area (Å²) in [4.78, 5) is 24.1. The highest BCUT2D eigenvalue weighted by Crippen LogP contribution is 2.30. The van der Waals surface area contributed by atoms with E-state index >= 15 is 0 Å². The second-order valence-corrected chi connectivity index (χ2v) is 6.35. The summed E-state index contributed by atoms with van der Waals surface area (Å²) in [5.41, 5.74) is 1.85. The Morgan fingerprint density at radius 2 is 2.35 bits per heavy atom. The summed E-state index contributed by atoms with van der Waals surface area (Å²) in [6.07, 6.45) is 6.29. The molecule has 3 aromatic heterocycles. The summed E-state index contributed by atoms with van der Waals surface area (Å²) >= 11 is 0. The second-order valence-electron chi connectivity index (χ2n) is 6.35. The zero-order valence-corrected chi connectivity index (χ0v) is 13.0. The topological polar surface area (TPSA) is 95.8 Å². The standard InChI is InChI=1S/C16H19N5O2/c1-21-12(7-13(22)19-9-16(23)4-2-5-16)20-11-8-18-15-10(14(11)21)3-6-17-15/h3,6,8,23H,2,4-5,7,9H2,1H3,(H,17,18)(H,19,22). The molecule has 3 aromatic rings. The minimum atomic E-state index is -0.705. The summed E-state index contributed by atoms with van der Waals surface area (Å²) in [5, 5.41) is 13.8. The predicted octanol–water partition coefficient (Wildman–Crippen LogP) is 1.02. The lowest BCUT2D eigenvalue weighted by molar-refractivity contribution is -0.123. The molecule has 7 nitrogen and oxygen atoms in total. The van der Waals surface area contributed by atoms with Crippen molar-refractivity contribution in [2.24, 2.45) is 7.05 Å². The number of H-pyrrole nitrogens is 1. The van der Waals surface area contributed by atoms with Gasteiger partial charge in [0, 0.05) is 25.2 Å². The van der Waals surface area contributed by atoms with Gasteiger partial charge in [-0.05, 0) is 25.3 Å². The molecule has 23 heavy (non-hydrogen) atoms. The summed E-state index contributed by atoms with van der Waals surface area (Å²) in [6.45, 7) is 0.319. The van der Waals surface area contributed by atoms with Gasteiger partial charge in [0.15, 0.2) is 0 Å². The molecule has 120 valence electrons. The molecule has 7 heteroatoms. The van der Waals surface area contributed by atoms with Crippen LogP contribution in [0.1, 0.15) is 25.1 Å². The van der Waals surface area contributed by atoms with E-state index in [4.69, 9.17) is 0 Å². The first-order valence-electron chi connectivity index (χ1n) is 7.82. The number of imidazole rings is 1. The Balaban J connectivity index is 1.56. The molecule has 4 rings (SSSR count). The van der Waals surface area contributed by atoms with E-state index < -0.39 is 5.60 Å². The number of aryl methyl sites for hydroxylation is 1. The lowest BCUT2D eigenvalue weighted by Crippen LogP contribution is -2.48. The zero-order chi connectivity index (χ0) is 16.0. The fraction of sp³-hybridized carbons (Fsp3) is 0.438. The predicted molar refractivity (Wildman–Crippen MR) is 85.9 cm³/mol. The van der Waals surface area contributed by atoms with E-state index in [1.807, 2.05) is 23.9 Å². The molecule has 0 radical (unpaired) electrons. The Morgan fingerprint density at radius 3 is 3.09 bits per heavy atom. The van der Waals surface area contributed by atoms with Crippen LogP contribution in [0.4, 0.5) is 0 Å². The van der Waals surface area contributed by atoms with Gasteiger partial charge in [-0.2, -0.15) is 0 Å². The number of carbonyl (C=O) groups is 1. The molecule has 0 aliphatic heterocycles. The molecule has 0 unspecified atom stereocenters. The van der Waals surface area contributed by atoms with Crippen molar-refractivity contribution in [2.75, 3.05) is 6.54 Å². The minimum absolute atomic E-state index is 0.123. The van der Waals surface area contributed by atoms with E-state index in [0.29, 0.717) is 12.4 Å². The van der Waals surface area contributed by atoms with Crippen molar-refractivity contribution in [1.82, 2.24) is 24.8 Å². The fourth-order valence-electron chi connectivity index (χ4n) is 3.15. The maximum atomic E-state index is 12.1. The highest BCUT2D eigenvalue weighted by Gasteiger charge is 2.34. The third kappa shape index (κ3) is 2.37. The number of fused-ring (bicyclic) bond motifs is 3.